The number of rotatable bonds is 4. The lowest BCUT2D eigenvalue weighted by Gasteiger charge is -2.37. The van der Waals surface area contributed by atoms with Gasteiger partial charge in [0.25, 0.3) is 0 Å². The molecule has 3 fully saturated rings. The average molecular weight is 342 g/mol. The number of nitrogens with one attached hydrogen (secondary N) is 1. The van der Waals surface area contributed by atoms with Crippen LogP contribution in [0.1, 0.15) is 32.6 Å². The minimum absolute atomic E-state index is 0.302. The molecule has 3 aliphatic rings. The topological polar surface area (TPSA) is 46.1 Å². The smallest absolute Gasteiger partial charge is 0.193 e. The van der Waals surface area contributed by atoms with Gasteiger partial charge in [-0.3, -0.25) is 4.99 Å². The van der Waals surface area contributed by atoms with Crippen LogP contribution in [0.3, 0.4) is 0 Å². The molecular weight excluding hydrogens is 310 g/mol. The number of hydrogen-bond donors (Lipinski definition) is 1. The van der Waals surface area contributed by atoms with Crippen molar-refractivity contribution in [1.82, 2.24) is 10.2 Å². The molecule has 0 saturated carbocycles. The van der Waals surface area contributed by atoms with E-state index in [4.69, 9.17) is 9.47 Å². The van der Waals surface area contributed by atoms with Gasteiger partial charge in [-0.25, -0.2) is 0 Å². The number of guanidine groups is 1. The molecule has 0 aromatic carbocycles. The number of hydrogen-bond acceptors (Lipinski definition) is 4. The molecule has 23 heavy (non-hydrogen) atoms. The van der Waals surface area contributed by atoms with Crippen LogP contribution < -0.4 is 5.32 Å². The van der Waals surface area contributed by atoms with Crippen LogP contribution in [0.5, 0.6) is 0 Å². The summed E-state index contributed by atoms with van der Waals surface area (Å²) in [5, 5.41) is 3.67. The molecule has 0 aromatic rings. The van der Waals surface area contributed by atoms with Gasteiger partial charge in [-0.2, -0.15) is 11.8 Å². The number of ether oxygens (including phenoxy) is 2. The molecule has 1 atom stereocenters. The van der Waals surface area contributed by atoms with E-state index >= 15 is 0 Å². The summed E-state index contributed by atoms with van der Waals surface area (Å²) < 4.78 is 11.5. The lowest BCUT2D eigenvalue weighted by Crippen LogP contribution is -2.49. The van der Waals surface area contributed by atoms with E-state index in [1.807, 2.05) is 7.05 Å². The summed E-state index contributed by atoms with van der Waals surface area (Å²) >= 11 is 2.08. The molecule has 0 amide bonds. The van der Waals surface area contributed by atoms with Crippen LogP contribution in [0, 0.1) is 5.41 Å². The van der Waals surface area contributed by atoms with Crippen molar-refractivity contribution in [3.63, 3.8) is 0 Å². The lowest BCUT2D eigenvalue weighted by molar-refractivity contribution is 0.0780. The van der Waals surface area contributed by atoms with E-state index < -0.39 is 0 Å². The van der Waals surface area contributed by atoms with Crippen LogP contribution in [-0.4, -0.2) is 74.5 Å². The Morgan fingerprint density at radius 3 is 2.61 bits per heavy atom. The Morgan fingerprint density at radius 1 is 1.17 bits per heavy atom. The van der Waals surface area contributed by atoms with Gasteiger partial charge in [0.2, 0.25) is 0 Å². The molecule has 1 spiro atoms. The molecule has 0 aliphatic carbocycles. The predicted molar refractivity (Wildman–Crippen MR) is 96.3 cm³/mol. The highest BCUT2D eigenvalue weighted by atomic mass is 32.2. The first-order valence-electron chi connectivity index (χ1n) is 8.96. The first kappa shape index (κ1) is 17.4. The van der Waals surface area contributed by atoms with Gasteiger partial charge in [-0.05, 0) is 31.4 Å². The number of thioether (sulfide) groups is 1. The van der Waals surface area contributed by atoms with Gasteiger partial charge >= 0.3 is 0 Å². The Morgan fingerprint density at radius 2 is 1.96 bits per heavy atom. The maximum atomic E-state index is 5.64. The van der Waals surface area contributed by atoms with Gasteiger partial charge in [0.05, 0.1) is 6.61 Å². The largest absolute Gasteiger partial charge is 0.381 e. The Hall–Kier alpha value is -0.460. The molecule has 6 heteroatoms. The maximum absolute atomic E-state index is 5.64. The maximum Gasteiger partial charge on any atom is 0.193 e. The summed E-state index contributed by atoms with van der Waals surface area (Å²) in [5.74, 6) is 2.22. The van der Waals surface area contributed by atoms with Gasteiger partial charge in [-0.1, -0.05) is 6.92 Å². The van der Waals surface area contributed by atoms with Crippen LogP contribution >= 0.6 is 11.8 Å². The first-order chi connectivity index (χ1) is 11.2. The van der Waals surface area contributed by atoms with E-state index in [2.05, 4.69) is 33.9 Å². The SMILES string of the molecule is CCSC1(CNC(=NC)N2CCC3(CCOC3)C2)CCOCC1. The minimum atomic E-state index is 0.302. The Labute approximate surface area is 144 Å². The summed E-state index contributed by atoms with van der Waals surface area (Å²) in [6.45, 7) is 9.05. The van der Waals surface area contributed by atoms with Crippen LogP contribution in [0.15, 0.2) is 4.99 Å². The van der Waals surface area contributed by atoms with Crippen molar-refractivity contribution in [1.29, 1.82) is 0 Å². The Kier molecular flexibility index (Phi) is 5.75. The minimum Gasteiger partial charge on any atom is -0.381 e. The summed E-state index contributed by atoms with van der Waals surface area (Å²) in [7, 11) is 1.90. The second kappa shape index (κ2) is 7.62. The molecule has 1 unspecified atom stereocenters. The van der Waals surface area contributed by atoms with Crippen molar-refractivity contribution in [3.05, 3.63) is 0 Å². The molecule has 0 bridgehead atoms. The van der Waals surface area contributed by atoms with Crippen LogP contribution in [0.2, 0.25) is 0 Å². The zero-order valence-electron chi connectivity index (χ0n) is 14.6. The third-order valence-corrected chi connectivity index (χ3v) is 7.01. The van der Waals surface area contributed by atoms with Crippen molar-refractivity contribution in [2.24, 2.45) is 10.4 Å². The summed E-state index contributed by atoms with van der Waals surface area (Å²) in [6, 6.07) is 0. The van der Waals surface area contributed by atoms with E-state index in [-0.39, 0.29) is 0 Å². The third kappa shape index (κ3) is 3.97. The highest BCUT2D eigenvalue weighted by molar-refractivity contribution is 8.00. The molecule has 3 saturated heterocycles. The molecule has 0 aromatic heterocycles. The van der Waals surface area contributed by atoms with Gasteiger partial charge < -0.3 is 19.7 Å². The van der Waals surface area contributed by atoms with Crippen LogP contribution in [0.4, 0.5) is 0 Å². The standard InChI is InChI=1S/C17H31N3O2S/c1-3-23-17(6-10-21-11-7-17)12-19-15(18-2)20-8-4-16(13-20)5-9-22-14-16/h3-14H2,1-2H3,(H,18,19). The fraction of sp³-hybridized carbons (Fsp3) is 0.941. The fourth-order valence-corrected chi connectivity index (χ4v) is 5.32. The van der Waals surface area contributed by atoms with Crippen molar-refractivity contribution in [2.75, 3.05) is 58.9 Å². The van der Waals surface area contributed by atoms with E-state index in [1.54, 1.807) is 0 Å². The van der Waals surface area contributed by atoms with Crippen LogP contribution in [0.25, 0.3) is 0 Å². The zero-order valence-corrected chi connectivity index (χ0v) is 15.4. The van der Waals surface area contributed by atoms with Crippen molar-refractivity contribution in [2.45, 2.75) is 37.4 Å². The molecule has 0 radical (unpaired) electrons. The monoisotopic (exact) mass is 341 g/mol. The second-order valence-electron chi connectivity index (χ2n) is 7.10. The molecule has 132 valence electrons. The van der Waals surface area contributed by atoms with Crippen molar-refractivity contribution in [3.8, 4) is 0 Å². The lowest BCUT2D eigenvalue weighted by atomic mass is 9.87. The van der Waals surface area contributed by atoms with Crippen molar-refractivity contribution >= 4 is 17.7 Å². The molecule has 3 rings (SSSR count). The van der Waals surface area contributed by atoms with E-state index in [1.165, 1.54) is 12.8 Å². The highest BCUT2D eigenvalue weighted by Gasteiger charge is 2.42. The second-order valence-corrected chi connectivity index (χ2v) is 8.84. The van der Waals surface area contributed by atoms with Crippen molar-refractivity contribution < 1.29 is 9.47 Å². The average Bonchev–Trinajstić information content (AvgIpc) is 3.20. The summed E-state index contributed by atoms with van der Waals surface area (Å²) in [4.78, 5) is 6.98. The fourth-order valence-electron chi connectivity index (χ4n) is 4.08. The molecule has 1 N–H and O–H groups in total. The van der Waals surface area contributed by atoms with Gasteiger partial charge in [-0.15, -0.1) is 0 Å². The zero-order chi connectivity index (χ0) is 16.2. The highest BCUT2D eigenvalue weighted by Crippen LogP contribution is 2.38. The molecule has 5 nitrogen and oxygen atoms in total. The summed E-state index contributed by atoms with van der Waals surface area (Å²) in [6.07, 6.45) is 4.70. The molecule has 3 aliphatic heterocycles. The quantitative estimate of drug-likeness (QED) is 0.626. The van der Waals surface area contributed by atoms with E-state index in [0.29, 0.717) is 10.2 Å². The molecule has 3 heterocycles. The third-order valence-electron chi connectivity index (χ3n) is 5.56. The Balaban J connectivity index is 1.57. The van der Waals surface area contributed by atoms with E-state index in [0.717, 1.165) is 70.6 Å². The Bertz CT molecular complexity index is 413. The van der Waals surface area contributed by atoms with E-state index in [9.17, 15) is 0 Å². The van der Waals surface area contributed by atoms with Gasteiger partial charge in [0, 0.05) is 56.7 Å². The summed E-state index contributed by atoms with van der Waals surface area (Å²) in [5.41, 5.74) is 0.381. The van der Waals surface area contributed by atoms with Gasteiger partial charge in [0.15, 0.2) is 5.96 Å². The normalized spacial score (nSPS) is 31.0. The number of nitrogens with zero attached hydrogens (tertiary/aromatic N) is 2. The molecular formula is C17H31N3O2S. The number of aliphatic imine (C=N–C) groups is 1. The van der Waals surface area contributed by atoms with Gasteiger partial charge in [0.1, 0.15) is 0 Å². The van der Waals surface area contributed by atoms with Crippen LogP contribution in [-0.2, 0) is 9.47 Å². The number of likely N-dealkylation sites (tertiary alicyclic amines) is 1. The predicted octanol–water partition coefficient (Wildman–Crippen LogP) is 1.98. The first-order valence-corrected chi connectivity index (χ1v) is 9.95.